The van der Waals surface area contributed by atoms with E-state index in [4.69, 9.17) is 4.74 Å². The van der Waals surface area contributed by atoms with Crippen molar-refractivity contribution in [2.24, 2.45) is 0 Å². The van der Waals surface area contributed by atoms with Gasteiger partial charge < -0.3 is 20.1 Å². The smallest absolute Gasteiger partial charge is 0.118 e. The molecule has 0 aliphatic heterocycles. The highest BCUT2D eigenvalue weighted by Gasteiger charge is 2.18. The SMILES string of the molecule is COc1ccc(/C(=C(\c2ccccc2)c2ccc(CO)cc2)c2ccccc2)cc1.Oc1ccc(/C(=C(\c2ccccc2)c2ccc(O)cc2)c2ccccc2)cc1. The van der Waals surface area contributed by atoms with E-state index in [-0.39, 0.29) is 18.1 Å². The fourth-order valence-corrected chi connectivity index (χ4v) is 7.03. The van der Waals surface area contributed by atoms with E-state index in [1.165, 1.54) is 0 Å². The molecule has 4 nitrogen and oxygen atoms in total. The molecular weight excluding hydrogens is 713 g/mol. The van der Waals surface area contributed by atoms with E-state index in [1.54, 1.807) is 31.4 Å². The average molecular weight is 757 g/mol. The third kappa shape index (κ3) is 9.34. The molecule has 0 unspecified atom stereocenters. The molecule has 0 bridgehead atoms. The van der Waals surface area contributed by atoms with Gasteiger partial charge in [-0.2, -0.15) is 0 Å². The molecule has 0 aromatic heterocycles. The van der Waals surface area contributed by atoms with Gasteiger partial charge in [-0.1, -0.05) is 182 Å². The number of benzene rings is 8. The van der Waals surface area contributed by atoms with Crippen LogP contribution in [0.15, 0.2) is 218 Å². The Labute approximate surface area is 340 Å². The Morgan fingerprint density at radius 2 is 0.569 bits per heavy atom. The van der Waals surface area contributed by atoms with Crippen LogP contribution in [-0.2, 0) is 6.61 Å². The van der Waals surface area contributed by atoms with Gasteiger partial charge in [-0.15, -0.1) is 0 Å². The number of phenols is 2. The number of phenolic OH excluding ortho intramolecular Hbond substituents is 2. The summed E-state index contributed by atoms with van der Waals surface area (Å²) < 4.78 is 5.37. The molecule has 58 heavy (non-hydrogen) atoms. The number of ether oxygens (including phenoxy) is 1. The van der Waals surface area contributed by atoms with Crippen LogP contribution >= 0.6 is 0 Å². The third-order valence-electron chi connectivity index (χ3n) is 9.87. The fraction of sp³-hybridized carbons (Fsp3) is 0.0370. The van der Waals surface area contributed by atoms with Crippen molar-refractivity contribution in [3.8, 4) is 17.2 Å². The zero-order valence-corrected chi connectivity index (χ0v) is 32.2. The van der Waals surface area contributed by atoms with Gasteiger partial charge in [0.2, 0.25) is 0 Å². The zero-order chi connectivity index (χ0) is 40.1. The molecule has 0 heterocycles. The summed E-state index contributed by atoms with van der Waals surface area (Å²) in [5, 5.41) is 29.0. The minimum absolute atomic E-state index is 0.0364. The van der Waals surface area contributed by atoms with Gasteiger partial charge in [0.05, 0.1) is 13.7 Å². The van der Waals surface area contributed by atoms with Gasteiger partial charge in [0.15, 0.2) is 0 Å². The van der Waals surface area contributed by atoms with Gasteiger partial charge in [-0.25, -0.2) is 0 Å². The van der Waals surface area contributed by atoms with E-state index < -0.39 is 0 Å². The predicted molar refractivity (Wildman–Crippen MR) is 237 cm³/mol. The maximum Gasteiger partial charge on any atom is 0.118 e. The summed E-state index contributed by atoms with van der Waals surface area (Å²) in [6, 6.07) is 72.2. The molecule has 8 aromatic rings. The Hall–Kier alpha value is -7.40. The first-order valence-corrected chi connectivity index (χ1v) is 19.2. The maximum atomic E-state index is 9.77. The van der Waals surface area contributed by atoms with E-state index in [2.05, 4.69) is 97.1 Å². The average Bonchev–Trinajstić information content (AvgIpc) is 3.30. The van der Waals surface area contributed by atoms with Crippen LogP contribution < -0.4 is 4.74 Å². The monoisotopic (exact) mass is 756 g/mol. The van der Waals surface area contributed by atoms with Crippen LogP contribution in [0.4, 0.5) is 0 Å². The summed E-state index contributed by atoms with van der Waals surface area (Å²) in [5.41, 5.74) is 14.0. The molecule has 0 saturated carbocycles. The summed E-state index contributed by atoms with van der Waals surface area (Å²) >= 11 is 0. The number of rotatable bonds is 10. The van der Waals surface area contributed by atoms with Gasteiger partial charge in [-0.05, 0) is 109 Å². The molecule has 0 radical (unpaired) electrons. The second kappa shape index (κ2) is 19.0. The minimum atomic E-state index is 0.0364. The molecule has 0 amide bonds. The predicted octanol–water partition coefficient (Wildman–Crippen LogP) is 12.3. The van der Waals surface area contributed by atoms with Crippen molar-refractivity contribution in [2.75, 3.05) is 7.11 Å². The molecule has 0 saturated heterocycles. The molecular formula is C54H44O4. The van der Waals surface area contributed by atoms with Crippen LogP contribution in [0.5, 0.6) is 17.2 Å². The molecule has 3 N–H and O–H groups in total. The summed E-state index contributed by atoms with van der Waals surface area (Å²) in [4.78, 5) is 0. The molecule has 8 aromatic carbocycles. The number of methoxy groups -OCH3 is 1. The van der Waals surface area contributed by atoms with Crippen molar-refractivity contribution in [3.63, 3.8) is 0 Å². The van der Waals surface area contributed by atoms with Crippen LogP contribution in [0.2, 0.25) is 0 Å². The lowest BCUT2D eigenvalue weighted by atomic mass is 9.85. The molecule has 284 valence electrons. The lowest BCUT2D eigenvalue weighted by molar-refractivity contribution is 0.282. The van der Waals surface area contributed by atoms with Crippen LogP contribution in [0.1, 0.15) is 50.1 Å². The molecule has 4 heteroatoms. The van der Waals surface area contributed by atoms with E-state index in [0.29, 0.717) is 0 Å². The first kappa shape index (κ1) is 38.9. The molecule has 0 spiro atoms. The Kier molecular flexibility index (Phi) is 12.7. The largest absolute Gasteiger partial charge is 0.508 e. The number of aromatic hydroxyl groups is 2. The molecule has 0 aliphatic carbocycles. The maximum absolute atomic E-state index is 9.77. The Balaban J connectivity index is 0.000000177. The van der Waals surface area contributed by atoms with E-state index >= 15 is 0 Å². The number of aliphatic hydroxyl groups is 1. The highest BCUT2D eigenvalue weighted by Crippen LogP contribution is 2.39. The fourth-order valence-electron chi connectivity index (χ4n) is 7.03. The summed E-state index contributed by atoms with van der Waals surface area (Å²) in [6.07, 6.45) is 0. The number of hydrogen-bond donors (Lipinski definition) is 3. The second-order valence-electron chi connectivity index (χ2n) is 13.6. The number of aliphatic hydroxyl groups excluding tert-OH is 1. The van der Waals surface area contributed by atoms with Crippen LogP contribution in [-0.4, -0.2) is 22.4 Å². The van der Waals surface area contributed by atoms with Crippen LogP contribution in [0.25, 0.3) is 22.3 Å². The van der Waals surface area contributed by atoms with Crippen molar-refractivity contribution in [1.82, 2.24) is 0 Å². The molecule has 0 atom stereocenters. The topological polar surface area (TPSA) is 69.9 Å². The normalized spacial score (nSPS) is 11.7. The van der Waals surface area contributed by atoms with Crippen molar-refractivity contribution >= 4 is 22.3 Å². The van der Waals surface area contributed by atoms with Gasteiger partial charge in [0, 0.05) is 0 Å². The van der Waals surface area contributed by atoms with Gasteiger partial charge in [0.25, 0.3) is 0 Å². The lowest BCUT2D eigenvalue weighted by Crippen LogP contribution is -1.98. The quantitative estimate of drug-likeness (QED) is 0.122. The summed E-state index contributed by atoms with van der Waals surface area (Å²) in [7, 11) is 1.68. The first-order valence-electron chi connectivity index (χ1n) is 19.2. The van der Waals surface area contributed by atoms with Crippen molar-refractivity contribution in [3.05, 3.63) is 268 Å². The highest BCUT2D eigenvalue weighted by atomic mass is 16.5. The second-order valence-corrected chi connectivity index (χ2v) is 13.6. The zero-order valence-electron chi connectivity index (χ0n) is 32.2. The van der Waals surface area contributed by atoms with Crippen molar-refractivity contribution in [2.45, 2.75) is 6.61 Å². The Bertz CT molecular complexity index is 2380. The minimum Gasteiger partial charge on any atom is -0.508 e. The Morgan fingerprint density at radius 1 is 0.328 bits per heavy atom. The van der Waals surface area contributed by atoms with Crippen molar-refractivity contribution in [1.29, 1.82) is 0 Å². The standard InChI is InChI=1S/C28H24O2.C26H20O2/c1-30-26-18-16-25(17-19-26)28(23-10-6-3-7-11-23)27(22-8-4-2-5-9-22)24-14-12-21(20-29)13-15-24;27-23-15-11-21(12-16-23)25(19-7-3-1-4-8-19)26(20-9-5-2-6-10-20)22-13-17-24(28)18-14-22/h2-19,29H,20H2,1H3;1-18,27-28H/b28-27+;26-25+. The van der Waals surface area contributed by atoms with E-state index in [1.807, 2.05) is 97.1 Å². The lowest BCUT2D eigenvalue weighted by Gasteiger charge is -2.18. The Morgan fingerprint density at radius 3 is 0.828 bits per heavy atom. The highest BCUT2D eigenvalue weighted by molar-refractivity contribution is 6.05. The molecule has 8 rings (SSSR count). The van der Waals surface area contributed by atoms with Gasteiger partial charge in [-0.3, -0.25) is 0 Å². The first-order chi connectivity index (χ1) is 28.5. The number of hydrogen-bond acceptors (Lipinski definition) is 4. The van der Waals surface area contributed by atoms with Gasteiger partial charge >= 0.3 is 0 Å². The van der Waals surface area contributed by atoms with Gasteiger partial charge in [0.1, 0.15) is 17.2 Å². The van der Waals surface area contributed by atoms with Crippen molar-refractivity contribution < 1.29 is 20.1 Å². The van der Waals surface area contributed by atoms with E-state index in [0.717, 1.165) is 78.1 Å². The van der Waals surface area contributed by atoms with E-state index in [9.17, 15) is 15.3 Å². The summed E-state index contributed by atoms with van der Waals surface area (Å²) in [6.45, 7) is 0.0364. The van der Waals surface area contributed by atoms with Crippen LogP contribution in [0, 0.1) is 0 Å². The molecule has 0 aliphatic rings. The molecule has 0 fully saturated rings. The summed E-state index contributed by atoms with van der Waals surface area (Å²) in [5.74, 6) is 1.31. The third-order valence-corrected chi connectivity index (χ3v) is 9.87. The van der Waals surface area contributed by atoms with Crippen LogP contribution in [0.3, 0.4) is 0 Å².